The lowest BCUT2D eigenvalue weighted by Gasteiger charge is -2.34. The van der Waals surface area contributed by atoms with Gasteiger partial charge in [0.25, 0.3) is 0 Å². The summed E-state index contributed by atoms with van der Waals surface area (Å²) in [5.74, 6) is -4.75. The number of aromatic nitrogens is 2. The molecule has 2 amide bonds. The summed E-state index contributed by atoms with van der Waals surface area (Å²) in [4.78, 5) is 44.2. The summed E-state index contributed by atoms with van der Waals surface area (Å²) in [7, 11) is 0. The van der Waals surface area contributed by atoms with E-state index in [0.717, 1.165) is 6.92 Å². The molecule has 8 N–H and O–H groups in total. The van der Waals surface area contributed by atoms with E-state index in [-0.39, 0.29) is 6.42 Å². The van der Waals surface area contributed by atoms with E-state index in [1.165, 1.54) is 26.4 Å². The summed E-state index contributed by atoms with van der Waals surface area (Å²) >= 11 is 0. The number of aromatic amines is 1. The van der Waals surface area contributed by atoms with Crippen molar-refractivity contribution < 1.29 is 29.7 Å². The molecule has 152 valence electrons. The molecule has 0 aliphatic rings. The third kappa shape index (κ3) is 5.57. The number of imide groups is 1. The molecular weight excluding hydrogens is 358 g/mol. The monoisotopic (exact) mass is 385 g/mol. The highest BCUT2D eigenvalue weighted by atomic mass is 16.4. The predicted molar refractivity (Wildman–Crippen MR) is 94.0 cm³/mol. The number of hydrogen-bond acceptors (Lipinski definition) is 8. The molecule has 11 heteroatoms. The zero-order valence-corrected chi connectivity index (χ0v) is 15.4. The molecule has 1 aromatic heterocycles. The second-order valence-electron chi connectivity index (χ2n) is 6.60. The van der Waals surface area contributed by atoms with Gasteiger partial charge in [0, 0.05) is 24.4 Å². The van der Waals surface area contributed by atoms with Crippen LogP contribution in [0.25, 0.3) is 0 Å². The topological polar surface area (TPSA) is 196 Å². The molecule has 1 rings (SSSR count). The van der Waals surface area contributed by atoms with Gasteiger partial charge in [0.05, 0.1) is 30.5 Å². The van der Waals surface area contributed by atoms with Crippen LogP contribution in [0.4, 0.5) is 0 Å². The van der Waals surface area contributed by atoms with E-state index in [2.05, 4.69) is 9.97 Å². The number of aliphatic hydroxyl groups excluding tert-OH is 2. The minimum absolute atomic E-state index is 0.0288. The number of carboxylic acids is 1. The first-order valence-electron chi connectivity index (χ1n) is 8.43. The third-order valence-electron chi connectivity index (χ3n) is 4.22. The number of amides is 2. The van der Waals surface area contributed by atoms with Crippen LogP contribution in [-0.4, -0.2) is 78.3 Å². The van der Waals surface area contributed by atoms with Gasteiger partial charge in [-0.1, -0.05) is 6.92 Å². The standard InChI is InChI=1S/C16H27N5O6/c1-7(13(23)8(2)17)14(24)21(12(9(3)22)16(26)27)15(25)11(18)4-10-5-19-6-20-10/h5-9,11-13,22-23H,4,17-18H2,1-3H3,(H,19,20)(H,26,27)/t7?,8?,9-,11+,12+,13?/m1/s1. The Kier molecular flexibility index (Phi) is 8.03. The lowest BCUT2D eigenvalue weighted by atomic mass is 9.95. The molecule has 1 aromatic rings. The van der Waals surface area contributed by atoms with Crippen LogP contribution in [-0.2, 0) is 20.8 Å². The first-order chi connectivity index (χ1) is 12.5. The molecule has 0 fully saturated rings. The SMILES string of the molecule is CC(N)C(O)C(C)C(=O)N(C(=O)[C@@H](N)Cc1cnc[nH]1)[C@H](C(=O)O)[C@@H](C)O. The number of carbonyl (C=O) groups excluding carboxylic acids is 2. The molecule has 0 saturated heterocycles. The Morgan fingerprint density at radius 3 is 2.19 bits per heavy atom. The number of imidazole rings is 1. The molecule has 6 atom stereocenters. The van der Waals surface area contributed by atoms with Crippen LogP contribution in [0.15, 0.2) is 12.5 Å². The van der Waals surface area contributed by atoms with E-state index in [1.54, 1.807) is 0 Å². The number of carbonyl (C=O) groups is 3. The number of aliphatic carboxylic acids is 1. The molecule has 0 saturated carbocycles. The van der Waals surface area contributed by atoms with Gasteiger partial charge in [-0.3, -0.25) is 14.5 Å². The molecule has 11 nitrogen and oxygen atoms in total. The van der Waals surface area contributed by atoms with Crippen molar-refractivity contribution in [3.63, 3.8) is 0 Å². The number of nitrogens with one attached hydrogen (secondary N) is 1. The van der Waals surface area contributed by atoms with Gasteiger partial charge in [0.15, 0.2) is 6.04 Å². The van der Waals surface area contributed by atoms with Crippen molar-refractivity contribution in [1.82, 2.24) is 14.9 Å². The van der Waals surface area contributed by atoms with Crippen LogP contribution in [0, 0.1) is 5.92 Å². The quantitative estimate of drug-likeness (QED) is 0.273. The smallest absolute Gasteiger partial charge is 0.329 e. The van der Waals surface area contributed by atoms with Crippen molar-refractivity contribution >= 4 is 17.8 Å². The summed E-state index contributed by atoms with van der Waals surface area (Å²) < 4.78 is 0. The average Bonchev–Trinajstić information content (AvgIpc) is 3.08. The molecule has 1 heterocycles. The van der Waals surface area contributed by atoms with Crippen LogP contribution in [0.1, 0.15) is 26.5 Å². The number of carboxylic acid groups (broad SMARTS) is 1. The fraction of sp³-hybridized carbons (Fsp3) is 0.625. The van der Waals surface area contributed by atoms with Crippen molar-refractivity contribution in [2.75, 3.05) is 0 Å². The highest BCUT2D eigenvalue weighted by Crippen LogP contribution is 2.17. The summed E-state index contributed by atoms with van der Waals surface area (Å²) in [6.45, 7) is 3.92. The average molecular weight is 385 g/mol. The van der Waals surface area contributed by atoms with Gasteiger partial charge in [-0.05, 0) is 13.8 Å². The van der Waals surface area contributed by atoms with Crippen molar-refractivity contribution in [1.29, 1.82) is 0 Å². The highest BCUT2D eigenvalue weighted by Gasteiger charge is 2.43. The van der Waals surface area contributed by atoms with Crippen LogP contribution in [0.5, 0.6) is 0 Å². The molecular formula is C16H27N5O6. The molecule has 0 radical (unpaired) electrons. The molecule has 0 spiro atoms. The second kappa shape index (κ2) is 9.55. The summed E-state index contributed by atoms with van der Waals surface area (Å²) in [5, 5.41) is 29.3. The minimum atomic E-state index is -1.86. The maximum Gasteiger partial charge on any atom is 0.329 e. The van der Waals surface area contributed by atoms with Gasteiger partial charge in [0.1, 0.15) is 0 Å². The number of H-pyrrole nitrogens is 1. The first kappa shape index (κ1) is 22.7. The predicted octanol–water partition coefficient (Wildman–Crippen LogP) is -2.19. The number of hydrogen-bond donors (Lipinski definition) is 6. The van der Waals surface area contributed by atoms with E-state index in [1.807, 2.05) is 0 Å². The van der Waals surface area contributed by atoms with Gasteiger partial charge in [-0.2, -0.15) is 0 Å². The number of aliphatic hydroxyl groups is 2. The molecule has 3 unspecified atom stereocenters. The first-order valence-corrected chi connectivity index (χ1v) is 8.43. The zero-order chi connectivity index (χ0) is 20.9. The van der Waals surface area contributed by atoms with Gasteiger partial charge < -0.3 is 31.8 Å². The van der Waals surface area contributed by atoms with E-state index in [0.29, 0.717) is 10.6 Å². The largest absolute Gasteiger partial charge is 0.480 e. The molecule has 0 aliphatic carbocycles. The maximum atomic E-state index is 12.8. The molecule has 0 aliphatic heterocycles. The van der Waals surface area contributed by atoms with Gasteiger partial charge in [-0.15, -0.1) is 0 Å². The minimum Gasteiger partial charge on any atom is -0.480 e. The van der Waals surface area contributed by atoms with Gasteiger partial charge in [-0.25, -0.2) is 9.78 Å². The van der Waals surface area contributed by atoms with Gasteiger partial charge in [0.2, 0.25) is 11.8 Å². The van der Waals surface area contributed by atoms with E-state index in [4.69, 9.17) is 11.5 Å². The Morgan fingerprint density at radius 2 is 1.78 bits per heavy atom. The third-order valence-corrected chi connectivity index (χ3v) is 4.22. The number of nitrogens with zero attached hydrogens (tertiary/aromatic N) is 2. The Labute approximate surface area is 156 Å². The molecule has 0 aromatic carbocycles. The summed E-state index contributed by atoms with van der Waals surface area (Å²) in [6.07, 6.45) is -0.0919. The van der Waals surface area contributed by atoms with Crippen LogP contribution >= 0.6 is 0 Å². The lowest BCUT2D eigenvalue weighted by molar-refractivity contribution is -0.166. The van der Waals surface area contributed by atoms with Crippen LogP contribution in [0.2, 0.25) is 0 Å². The number of rotatable bonds is 9. The van der Waals surface area contributed by atoms with E-state index < -0.39 is 54.0 Å². The van der Waals surface area contributed by atoms with Crippen LogP contribution < -0.4 is 11.5 Å². The second-order valence-corrected chi connectivity index (χ2v) is 6.60. The summed E-state index contributed by atoms with van der Waals surface area (Å²) in [5.41, 5.74) is 12.0. The Hall–Kier alpha value is -2.34. The lowest BCUT2D eigenvalue weighted by Crippen LogP contribution is -2.60. The van der Waals surface area contributed by atoms with Crippen molar-refractivity contribution in [2.45, 2.75) is 57.5 Å². The highest BCUT2D eigenvalue weighted by molar-refractivity contribution is 6.02. The normalized spacial score (nSPS) is 18.0. The molecule has 0 bridgehead atoms. The van der Waals surface area contributed by atoms with Crippen molar-refractivity contribution in [3.8, 4) is 0 Å². The fourth-order valence-electron chi connectivity index (χ4n) is 2.64. The number of nitrogens with two attached hydrogens (primary N) is 2. The van der Waals surface area contributed by atoms with E-state index in [9.17, 15) is 29.7 Å². The Balaban J connectivity index is 3.21. The van der Waals surface area contributed by atoms with E-state index >= 15 is 0 Å². The maximum absolute atomic E-state index is 12.8. The Morgan fingerprint density at radius 1 is 1.19 bits per heavy atom. The zero-order valence-electron chi connectivity index (χ0n) is 15.4. The summed E-state index contributed by atoms with van der Waals surface area (Å²) in [6, 6.07) is -3.93. The fourth-order valence-corrected chi connectivity index (χ4v) is 2.64. The Bertz CT molecular complexity index is 648. The van der Waals surface area contributed by atoms with Crippen molar-refractivity contribution in [2.24, 2.45) is 17.4 Å². The molecule has 27 heavy (non-hydrogen) atoms. The van der Waals surface area contributed by atoms with Gasteiger partial charge >= 0.3 is 5.97 Å². The van der Waals surface area contributed by atoms with Crippen LogP contribution in [0.3, 0.4) is 0 Å². The van der Waals surface area contributed by atoms with Crippen molar-refractivity contribution in [3.05, 3.63) is 18.2 Å².